The van der Waals surface area contributed by atoms with E-state index in [0.29, 0.717) is 16.6 Å². The predicted molar refractivity (Wildman–Crippen MR) is 67.0 cm³/mol. The molecule has 5 heteroatoms. The summed E-state index contributed by atoms with van der Waals surface area (Å²) >= 11 is 11.8. The Balaban J connectivity index is 2.05. The van der Waals surface area contributed by atoms with Crippen molar-refractivity contribution in [1.82, 2.24) is 9.78 Å². The second-order valence-electron chi connectivity index (χ2n) is 3.44. The van der Waals surface area contributed by atoms with E-state index >= 15 is 0 Å². The van der Waals surface area contributed by atoms with Crippen molar-refractivity contribution in [2.24, 2.45) is 7.05 Å². The van der Waals surface area contributed by atoms with E-state index < -0.39 is 0 Å². The maximum Gasteiger partial charge on any atom is 0.124 e. The summed E-state index contributed by atoms with van der Waals surface area (Å²) in [4.78, 5) is 0. The SMILES string of the molecule is Cn1nccc1NCc1ccc(Cl)c(Cl)c1. The maximum atomic E-state index is 5.93. The molecular formula is C11H11Cl2N3. The van der Waals surface area contributed by atoms with E-state index in [1.807, 2.05) is 25.2 Å². The maximum absolute atomic E-state index is 5.93. The van der Waals surface area contributed by atoms with Crippen LogP contribution in [0.2, 0.25) is 10.0 Å². The number of rotatable bonds is 3. The molecule has 2 rings (SSSR count). The van der Waals surface area contributed by atoms with Crippen molar-refractivity contribution < 1.29 is 0 Å². The molecule has 3 nitrogen and oxygen atoms in total. The first kappa shape index (κ1) is 11.3. The van der Waals surface area contributed by atoms with Crippen molar-refractivity contribution >= 4 is 29.0 Å². The van der Waals surface area contributed by atoms with Crippen molar-refractivity contribution in [3.05, 3.63) is 46.1 Å². The van der Waals surface area contributed by atoms with Gasteiger partial charge in [-0.2, -0.15) is 5.10 Å². The van der Waals surface area contributed by atoms with Crippen LogP contribution in [0.5, 0.6) is 0 Å². The number of aromatic nitrogens is 2. The highest BCUT2D eigenvalue weighted by Gasteiger charge is 2.01. The minimum absolute atomic E-state index is 0.575. The molecule has 2 aromatic rings. The van der Waals surface area contributed by atoms with Crippen LogP contribution in [0.25, 0.3) is 0 Å². The number of nitrogens with zero attached hydrogens (tertiary/aromatic N) is 2. The van der Waals surface area contributed by atoms with E-state index in [2.05, 4.69) is 10.4 Å². The highest BCUT2D eigenvalue weighted by Crippen LogP contribution is 2.22. The van der Waals surface area contributed by atoms with Crippen molar-refractivity contribution in [1.29, 1.82) is 0 Å². The molecule has 1 heterocycles. The molecule has 1 aromatic carbocycles. The summed E-state index contributed by atoms with van der Waals surface area (Å²) in [6, 6.07) is 7.51. The molecule has 0 aliphatic carbocycles. The Kier molecular flexibility index (Phi) is 3.36. The first-order chi connectivity index (χ1) is 7.66. The molecular weight excluding hydrogens is 245 g/mol. The fourth-order valence-electron chi connectivity index (χ4n) is 1.39. The number of hydrogen-bond acceptors (Lipinski definition) is 2. The van der Waals surface area contributed by atoms with Gasteiger partial charge in [0.05, 0.1) is 16.2 Å². The molecule has 0 aliphatic rings. The van der Waals surface area contributed by atoms with E-state index in [1.165, 1.54) is 0 Å². The molecule has 0 atom stereocenters. The lowest BCUT2D eigenvalue weighted by Crippen LogP contribution is -2.04. The average molecular weight is 256 g/mol. The highest BCUT2D eigenvalue weighted by atomic mass is 35.5. The van der Waals surface area contributed by atoms with Gasteiger partial charge in [0.2, 0.25) is 0 Å². The highest BCUT2D eigenvalue weighted by molar-refractivity contribution is 6.42. The summed E-state index contributed by atoms with van der Waals surface area (Å²) in [5.74, 6) is 0.964. The van der Waals surface area contributed by atoms with Gasteiger partial charge in [-0.15, -0.1) is 0 Å². The van der Waals surface area contributed by atoms with Crippen LogP contribution in [0.15, 0.2) is 30.5 Å². The standard InChI is InChI=1S/C11H11Cl2N3/c1-16-11(4-5-15-16)14-7-8-2-3-9(12)10(13)6-8/h2-6,14H,7H2,1H3. The molecule has 1 aromatic heterocycles. The van der Waals surface area contributed by atoms with Crippen LogP contribution in [0, 0.1) is 0 Å². The molecule has 84 valence electrons. The number of aryl methyl sites for hydroxylation is 1. The Bertz CT molecular complexity index is 494. The lowest BCUT2D eigenvalue weighted by Gasteiger charge is -2.07. The van der Waals surface area contributed by atoms with Gasteiger partial charge in [-0.3, -0.25) is 4.68 Å². The Labute approximate surface area is 104 Å². The number of benzene rings is 1. The molecule has 1 N–H and O–H groups in total. The fraction of sp³-hybridized carbons (Fsp3) is 0.182. The number of anilines is 1. The third kappa shape index (κ3) is 2.49. The van der Waals surface area contributed by atoms with E-state index in [1.54, 1.807) is 16.9 Å². The van der Waals surface area contributed by atoms with Crippen molar-refractivity contribution in [2.45, 2.75) is 6.54 Å². The number of nitrogens with one attached hydrogen (secondary N) is 1. The van der Waals surface area contributed by atoms with Crippen molar-refractivity contribution in [3.63, 3.8) is 0 Å². The van der Waals surface area contributed by atoms with E-state index in [0.717, 1.165) is 11.4 Å². The van der Waals surface area contributed by atoms with Crippen LogP contribution in [-0.4, -0.2) is 9.78 Å². The Morgan fingerprint density at radius 1 is 1.25 bits per heavy atom. The van der Waals surface area contributed by atoms with Crippen LogP contribution < -0.4 is 5.32 Å². The number of halogens is 2. The molecule has 0 radical (unpaired) electrons. The quantitative estimate of drug-likeness (QED) is 0.912. The lowest BCUT2D eigenvalue weighted by atomic mass is 10.2. The molecule has 16 heavy (non-hydrogen) atoms. The Morgan fingerprint density at radius 2 is 2.06 bits per heavy atom. The second kappa shape index (κ2) is 4.76. The van der Waals surface area contributed by atoms with Gasteiger partial charge < -0.3 is 5.32 Å². The third-order valence-electron chi connectivity index (χ3n) is 2.28. The van der Waals surface area contributed by atoms with Gasteiger partial charge in [-0.25, -0.2) is 0 Å². The minimum atomic E-state index is 0.575. The largest absolute Gasteiger partial charge is 0.366 e. The fourth-order valence-corrected chi connectivity index (χ4v) is 1.71. The summed E-state index contributed by atoms with van der Waals surface area (Å²) in [5.41, 5.74) is 1.08. The van der Waals surface area contributed by atoms with Crippen molar-refractivity contribution in [3.8, 4) is 0 Å². The third-order valence-corrected chi connectivity index (χ3v) is 3.02. The van der Waals surface area contributed by atoms with Gasteiger partial charge in [-0.05, 0) is 17.7 Å². The Hall–Kier alpha value is -1.19. The van der Waals surface area contributed by atoms with Crippen molar-refractivity contribution in [2.75, 3.05) is 5.32 Å². The molecule has 0 amide bonds. The summed E-state index contributed by atoms with van der Waals surface area (Å²) in [6.07, 6.45) is 1.75. The van der Waals surface area contributed by atoms with E-state index in [9.17, 15) is 0 Å². The zero-order chi connectivity index (χ0) is 11.5. The Morgan fingerprint density at radius 3 is 2.69 bits per heavy atom. The summed E-state index contributed by atoms with van der Waals surface area (Å²) < 4.78 is 1.78. The zero-order valence-corrected chi connectivity index (χ0v) is 10.3. The molecule has 0 bridgehead atoms. The van der Waals surface area contributed by atoms with Gasteiger partial charge in [0, 0.05) is 19.7 Å². The monoisotopic (exact) mass is 255 g/mol. The second-order valence-corrected chi connectivity index (χ2v) is 4.26. The topological polar surface area (TPSA) is 29.9 Å². The smallest absolute Gasteiger partial charge is 0.124 e. The summed E-state index contributed by atoms with van der Waals surface area (Å²) in [6.45, 7) is 0.691. The van der Waals surface area contributed by atoms with Gasteiger partial charge >= 0.3 is 0 Å². The normalized spacial score (nSPS) is 10.4. The molecule has 0 saturated carbocycles. The van der Waals surface area contributed by atoms with Gasteiger partial charge in [-0.1, -0.05) is 29.3 Å². The molecule has 0 aliphatic heterocycles. The van der Waals surface area contributed by atoms with E-state index in [4.69, 9.17) is 23.2 Å². The van der Waals surface area contributed by atoms with Crippen LogP contribution in [0.1, 0.15) is 5.56 Å². The molecule has 0 spiro atoms. The summed E-state index contributed by atoms with van der Waals surface area (Å²) in [5, 5.41) is 8.47. The molecule has 0 fully saturated rings. The van der Waals surface area contributed by atoms with Crippen LogP contribution in [0.3, 0.4) is 0 Å². The first-order valence-corrected chi connectivity index (χ1v) is 5.58. The molecule has 0 saturated heterocycles. The number of hydrogen-bond donors (Lipinski definition) is 1. The predicted octanol–water partition coefficient (Wildman–Crippen LogP) is 3.34. The van der Waals surface area contributed by atoms with E-state index in [-0.39, 0.29) is 0 Å². The van der Waals surface area contributed by atoms with Gasteiger partial charge in [0.25, 0.3) is 0 Å². The first-order valence-electron chi connectivity index (χ1n) is 4.82. The van der Waals surface area contributed by atoms with Crippen LogP contribution >= 0.6 is 23.2 Å². The minimum Gasteiger partial charge on any atom is -0.366 e. The average Bonchev–Trinajstić information content (AvgIpc) is 2.66. The van der Waals surface area contributed by atoms with Crippen LogP contribution in [0.4, 0.5) is 5.82 Å². The molecule has 0 unspecified atom stereocenters. The lowest BCUT2D eigenvalue weighted by molar-refractivity contribution is 0.769. The summed E-state index contributed by atoms with van der Waals surface area (Å²) in [7, 11) is 1.89. The van der Waals surface area contributed by atoms with Gasteiger partial charge in [0.1, 0.15) is 5.82 Å². The zero-order valence-electron chi connectivity index (χ0n) is 8.74. The van der Waals surface area contributed by atoms with Gasteiger partial charge in [0.15, 0.2) is 0 Å². The van der Waals surface area contributed by atoms with Crippen LogP contribution in [-0.2, 0) is 13.6 Å².